The minimum atomic E-state index is -1.69. The Morgan fingerprint density at radius 2 is 1.86 bits per heavy atom. The number of alkyl halides is 3. The number of rotatable bonds is 4. The summed E-state index contributed by atoms with van der Waals surface area (Å²) in [6.45, 7) is 0. The zero-order valence-electron chi connectivity index (χ0n) is 10.4. The second-order valence-electron chi connectivity index (χ2n) is 3.94. The fraction of sp³-hybridized carbons (Fsp3) is 0.154. The fourth-order valence-corrected chi connectivity index (χ4v) is 2.98. The van der Waals surface area contributed by atoms with Gasteiger partial charge in [-0.2, -0.15) is 0 Å². The summed E-state index contributed by atoms with van der Waals surface area (Å²) in [6, 6.07) is 10.1. The van der Waals surface area contributed by atoms with Crippen molar-refractivity contribution in [2.75, 3.05) is 0 Å². The van der Waals surface area contributed by atoms with Gasteiger partial charge in [0.25, 0.3) is 5.91 Å². The lowest BCUT2D eigenvalue weighted by atomic mass is 10.4. The molecular formula is C13H9Cl4NO2S. The highest BCUT2D eigenvalue weighted by atomic mass is 35.6. The molecule has 21 heavy (non-hydrogen) atoms. The number of benzene rings is 1. The number of hydrogen-bond donors (Lipinski definition) is 1. The van der Waals surface area contributed by atoms with E-state index in [2.05, 4.69) is 5.32 Å². The average Bonchev–Trinajstić information content (AvgIpc) is 2.93. The van der Waals surface area contributed by atoms with Gasteiger partial charge in [0.15, 0.2) is 5.76 Å². The summed E-state index contributed by atoms with van der Waals surface area (Å²) < 4.78 is 3.32. The van der Waals surface area contributed by atoms with Gasteiger partial charge in [0.05, 0.1) is 6.26 Å². The van der Waals surface area contributed by atoms with Gasteiger partial charge in [-0.1, -0.05) is 58.2 Å². The molecular weight excluding hydrogens is 376 g/mol. The van der Waals surface area contributed by atoms with Crippen molar-refractivity contribution < 1.29 is 9.21 Å². The van der Waals surface area contributed by atoms with Crippen LogP contribution in [-0.2, 0) is 0 Å². The second-order valence-corrected chi connectivity index (χ2v) is 7.93. The number of carbonyl (C=O) groups is 1. The zero-order chi connectivity index (χ0) is 15.5. The first kappa shape index (κ1) is 16.8. The highest BCUT2D eigenvalue weighted by Gasteiger charge is 2.35. The molecule has 0 radical (unpaired) electrons. The predicted molar refractivity (Wildman–Crippen MR) is 87.6 cm³/mol. The van der Waals surface area contributed by atoms with Crippen LogP contribution in [0, 0.1) is 0 Å². The van der Waals surface area contributed by atoms with Crippen LogP contribution in [0.3, 0.4) is 0 Å². The highest BCUT2D eigenvalue weighted by molar-refractivity contribution is 8.00. The van der Waals surface area contributed by atoms with E-state index < -0.39 is 15.1 Å². The van der Waals surface area contributed by atoms with E-state index >= 15 is 0 Å². The van der Waals surface area contributed by atoms with Gasteiger partial charge in [-0.05, 0) is 36.4 Å². The van der Waals surface area contributed by atoms with Crippen LogP contribution in [0.1, 0.15) is 10.6 Å². The molecule has 1 N–H and O–H groups in total. The molecule has 0 saturated heterocycles. The fourth-order valence-electron chi connectivity index (χ4n) is 1.43. The molecule has 112 valence electrons. The number of amides is 1. The molecule has 0 bridgehead atoms. The number of furan rings is 1. The third-order valence-electron chi connectivity index (χ3n) is 2.37. The topological polar surface area (TPSA) is 42.2 Å². The van der Waals surface area contributed by atoms with Crippen LogP contribution >= 0.6 is 58.2 Å². The summed E-state index contributed by atoms with van der Waals surface area (Å²) in [6.07, 6.45) is 1.39. The Morgan fingerprint density at radius 1 is 1.19 bits per heavy atom. The van der Waals surface area contributed by atoms with Gasteiger partial charge in [0.2, 0.25) is 3.79 Å². The van der Waals surface area contributed by atoms with Gasteiger partial charge in [-0.15, -0.1) is 0 Å². The minimum absolute atomic E-state index is 0.144. The SMILES string of the molecule is O=C(N[C@@H](Sc1ccc(Cl)cc1)C(Cl)(Cl)Cl)c1ccco1. The van der Waals surface area contributed by atoms with Crippen molar-refractivity contribution in [3.05, 3.63) is 53.4 Å². The molecule has 0 saturated carbocycles. The molecule has 0 aliphatic carbocycles. The molecule has 0 fully saturated rings. The second kappa shape index (κ2) is 7.16. The van der Waals surface area contributed by atoms with Crippen LogP contribution in [0.4, 0.5) is 0 Å². The molecule has 0 aliphatic heterocycles. The summed E-state index contributed by atoms with van der Waals surface area (Å²) in [4.78, 5) is 12.8. The van der Waals surface area contributed by atoms with Crippen molar-refractivity contribution >= 4 is 64.1 Å². The standard InChI is InChI=1S/C13H9Cl4NO2S/c14-8-3-5-9(6-4-8)21-12(13(15,16)17)18-11(19)10-2-1-7-20-10/h1-7,12H,(H,18,19)/t12-/m0/s1. The van der Waals surface area contributed by atoms with Crippen LogP contribution in [0.5, 0.6) is 0 Å². The molecule has 8 heteroatoms. The molecule has 1 aromatic carbocycles. The van der Waals surface area contributed by atoms with Crippen LogP contribution < -0.4 is 5.32 Å². The number of nitrogens with one attached hydrogen (secondary N) is 1. The Labute approximate surface area is 145 Å². The molecule has 1 amide bonds. The largest absolute Gasteiger partial charge is 0.459 e. The van der Waals surface area contributed by atoms with E-state index in [4.69, 9.17) is 50.8 Å². The predicted octanol–water partition coefficient (Wildman–Crippen LogP) is 5.15. The van der Waals surface area contributed by atoms with Gasteiger partial charge in [0, 0.05) is 9.92 Å². The number of carbonyl (C=O) groups excluding carboxylic acids is 1. The van der Waals surface area contributed by atoms with Crippen molar-refractivity contribution in [1.82, 2.24) is 5.32 Å². The van der Waals surface area contributed by atoms with Crippen molar-refractivity contribution in [1.29, 1.82) is 0 Å². The molecule has 2 rings (SSSR count). The quantitative estimate of drug-likeness (QED) is 0.450. The van der Waals surface area contributed by atoms with E-state index in [0.717, 1.165) is 4.90 Å². The van der Waals surface area contributed by atoms with Crippen molar-refractivity contribution in [2.45, 2.75) is 14.1 Å². The van der Waals surface area contributed by atoms with E-state index in [1.165, 1.54) is 24.1 Å². The van der Waals surface area contributed by atoms with Gasteiger partial charge in [0.1, 0.15) is 5.37 Å². The first-order valence-electron chi connectivity index (χ1n) is 5.69. The molecule has 0 unspecified atom stereocenters. The molecule has 1 heterocycles. The molecule has 1 atom stereocenters. The summed E-state index contributed by atoms with van der Waals surface area (Å²) in [5, 5.41) is 2.43. The molecule has 3 nitrogen and oxygen atoms in total. The lowest BCUT2D eigenvalue weighted by Gasteiger charge is -2.24. The number of thioether (sulfide) groups is 1. The Kier molecular flexibility index (Phi) is 5.74. The zero-order valence-corrected chi connectivity index (χ0v) is 14.2. The Hall–Kier alpha value is -0.520. The lowest BCUT2D eigenvalue weighted by Crippen LogP contribution is -2.41. The van der Waals surface area contributed by atoms with E-state index in [0.29, 0.717) is 5.02 Å². The van der Waals surface area contributed by atoms with Gasteiger partial charge < -0.3 is 9.73 Å². The van der Waals surface area contributed by atoms with Gasteiger partial charge in [-0.3, -0.25) is 4.79 Å². The van der Waals surface area contributed by atoms with Crippen molar-refractivity contribution in [2.24, 2.45) is 0 Å². The van der Waals surface area contributed by atoms with E-state index in [-0.39, 0.29) is 5.76 Å². The molecule has 0 aliphatic rings. The first-order valence-corrected chi connectivity index (χ1v) is 8.09. The summed E-state index contributed by atoms with van der Waals surface area (Å²) in [5.74, 6) is -0.316. The maximum absolute atomic E-state index is 12.0. The smallest absolute Gasteiger partial charge is 0.287 e. The highest BCUT2D eigenvalue weighted by Crippen LogP contribution is 2.39. The third-order valence-corrected chi connectivity index (χ3v) is 4.92. The Morgan fingerprint density at radius 3 is 2.38 bits per heavy atom. The molecule has 0 spiro atoms. The van der Waals surface area contributed by atoms with E-state index in [1.54, 1.807) is 30.3 Å². The molecule has 1 aromatic heterocycles. The molecule has 2 aromatic rings. The lowest BCUT2D eigenvalue weighted by molar-refractivity contribution is 0.0922. The van der Waals surface area contributed by atoms with Crippen LogP contribution in [0.15, 0.2) is 52.0 Å². The van der Waals surface area contributed by atoms with Crippen LogP contribution in [0.25, 0.3) is 0 Å². The van der Waals surface area contributed by atoms with Gasteiger partial charge >= 0.3 is 0 Å². The summed E-state index contributed by atoms with van der Waals surface area (Å²) in [7, 11) is 0. The Bertz CT molecular complexity index is 596. The monoisotopic (exact) mass is 383 g/mol. The minimum Gasteiger partial charge on any atom is -0.459 e. The van der Waals surface area contributed by atoms with Crippen molar-refractivity contribution in [3.63, 3.8) is 0 Å². The van der Waals surface area contributed by atoms with Crippen LogP contribution in [0.2, 0.25) is 5.02 Å². The average molecular weight is 385 g/mol. The summed E-state index contributed by atoms with van der Waals surface area (Å²) in [5.41, 5.74) is 0. The summed E-state index contributed by atoms with van der Waals surface area (Å²) >= 11 is 24.8. The van der Waals surface area contributed by atoms with E-state index in [9.17, 15) is 4.79 Å². The maximum atomic E-state index is 12.0. The van der Waals surface area contributed by atoms with E-state index in [1.807, 2.05) is 0 Å². The normalized spacial score (nSPS) is 13.0. The Balaban J connectivity index is 2.12. The van der Waals surface area contributed by atoms with Crippen LogP contribution in [-0.4, -0.2) is 15.1 Å². The first-order chi connectivity index (χ1) is 9.86. The number of hydrogen-bond acceptors (Lipinski definition) is 3. The number of halogens is 4. The third kappa shape index (κ3) is 5.01. The van der Waals surface area contributed by atoms with Gasteiger partial charge in [-0.25, -0.2) is 0 Å². The maximum Gasteiger partial charge on any atom is 0.287 e. The van der Waals surface area contributed by atoms with Crippen molar-refractivity contribution in [3.8, 4) is 0 Å².